The lowest BCUT2D eigenvalue weighted by Crippen LogP contribution is -2.07. The van der Waals surface area contributed by atoms with Crippen LogP contribution >= 0.6 is 15.9 Å². The molecular formula is C24H24BrNO5. The standard InChI is InChI=1S/C24H24BrNO5/c1-4-29-22(27)12-11-19-23(24(28)30-5-2)17-13-21(18(25)14-20(17)26(19)3)31-15-16-9-7-6-8-10-16/h6-14H,4-5,15H2,1-3H3. The van der Waals surface area contributed by atoms with Crippen molar-refractivity contribution in [1.82, 2.24) is 4.57 Å². The molecule has 0 N–H and O–H groups in total. The van der Waals surface area contributed by atoms with Gasteiger partial charge in [0.15, 0.2) is 0 Å². The van der Waals surface area contributed by atoms with Gasteiger partial charge in [0, 0.05) is 18.5 Å². The molecule has 0 bridgehead atoms. The molecule has 162 valence electrons. The highest BCUT2D eigenvalue weighted by Crippen LogP contribution is 2.36. The summed E-state index contributed by atoms with van der Waals surface area (Å²) < 4.78 is 18.8. The predicted molar refractivity (Wildman–Crippen MR) is 123 cm³/mol. The Hall–Kier alpha value is -3.06. The van der Waals surface area contributed by atoms with Crippen molar-refractivity contribution in [2.45, 2.75) is 20.5 Å². The maximum Gasteiger partial charge on any atom is 0.340 e. The van der Waals surface area contributed by atoms with Crippen LogP contribution in [0.15, 0.2) is 53.0 Å². The van der Waals surface area contributed by atoms with Gasteiger partial charge in [-0.1, -0.05) is 30.3 Å². The molecule has 6 nitrogen and oxygen atoms in total. The molecule has 3 aromatic rings. The van der Waals surface area contributed by atoms with Crippen LogP contribution < -0.4 is 4.74 Å². The molecule has 31 heavy (non-hydrogen) atoms. The zero-order valence-electron chi connectivity index (χ0n) is 17.7. The van der Waals surface area contributed by atoms with Crippen LogP contribution in [0.1, 0.15) is 35.5 Å². The van der Waals surface area contributed by atoms with Gasteiger partial charge >= 0.3 is 11.9 Å². The lowest BCUT2D eigenvalue weighted by atomic mass is 10.1. The van der Waals surface area contributed by atoms with E-state index in [-0.39, 0.29) is 13.2 Å². The van der Waals surface area contributed by atoms with Crippen LogP contribution in [-0.2, 0) is 27.9 Å². The third kappa shape index (κ3) is 5.17. The molecule has 0 aliphatic carbocycles. The minimum absolute atomic E-state index is 0.240. The molecule has 0 unspecified atom stereocenters. The van der Waals surface area contributed by atoms with Crippen molar-refractivity contribution in [3.8, 4) is 5.75 Å². The van der Waals surface area contributed by atoms with Gasteiger partial charge < -0.3 is 18.8 Å². The average Bonchev–Trinajstić information content (AvgIpc) is 3.02. The Bertz CT molecular complexity index is 1120. The normalized spacial score (nSPS) is 11.1. The first-order valence-electron chi connectivity index (χ1n) is 9.96. The van der Waals surface area contributed by atoms with Crippen LogP contribution in [0, 0.1) is 0 Å². The lowest BCUT2D eigenvalue weighted by Gasteiger charge is -2.09. The van der Waals surface area contributed by atoms with Crippen molar-refractivity contribution in [3.05, 3.63) is 69.8 Å². The van der Waals surface area contributed by atoms with Gasteiger partial charge in [0.25, 0.3) is 0 Å². The van der Waals surface area contributed by atoms with Crippen molar-refractivity contribution < 1.29 is 23.8 Å². The predicted octanol–water partition coefficient (Wildman–Crippen LogP) is 5.27. The summed E-state index contributed by atoms with van der Waals surface area (Å²) >= 11 is 3.56. The van der Waals surface area contributed by atoms with Gasteiger partial charge in [-0.2, -0.15) is 0 Å². The van der Waals surface area contributed by atoms with Crippen LogP contribution in [0.25, 0.3) is 17.0 Å². The molecular weight excluding hydrogens is 462 g/mol. The number of ether oxygens (including phenoxy) is 3. The summed E-state index contributed by atoms with van der Waals surface area (Å²) in [5.74, 6) is -0.336. The number of hydrogen-bond donors (Lipinski definition) is 0. The Morgan fingerprint density at radius 2 is 1.77 bits per heavy atom. The molecule has 0 amide bonds. The highest BCUT2D eigenvalue weighted by molar-refractivity contribution is 9.10. The third-order valence-corrected chi connectivity index (χ3v) is 5.30. The smallest absolute Gasteiger partial charge is 0.340 e. The van der Waals surface area contributed by atoms with Crippen molar-refractivity contribution in [2.75, 3.05) is 13.2 Å². The van der Waals surface area contributed by atoms with Crippen LogP contribution in [0.2, 0.25) is 0 Å². The Labute approximate surface area is 189 Å². The van der Waals surface area contributed by atoms with E-state index in [9.17, 15) is 9.59 Å². The molecule has 0 saturated carbocycles. The second-order valence-corrected chi connectivity index (χ2v) is 7.55. The van der Waals surface area contributed by atoms with E-state index in [2.05, 4.69) is 15.9 Å². The quantitative estimate of drug-likeness (QED) is 0.321. The topological polar surface area (TPSA) is 66.8 Å². The second kappa shape index (κ2) is 10.3. The summed E-state index contributed by atoms with van der Waals surface area (Å²) in [5, 5.41) is 0.677. The molecule has 2 aromatic carbocycles. The third-order valence-electron chi connectivity index (χ3n) is 4.68. The number of aryl methyl sites for hydroxylation is 1. The summed E-state index contributed by atoms with van der Waals surface area (Å²) in [6.07, 6.45) is 2.88. The van der Waals surface area contributed by atoms with E-state index in [0.29, 0.717) is 29.0 Å². The van der Waals surface area contributed by atoms with Crippen LogP contribution in [0.5, 0.6) is 5.75 Å². The summed E-state index contributed by atoms with van der Waals surface area (Å²) in [6.45, 7) is 4.40. The van der Waals surface area contributed by atoms with Gasteiger partial charge in [0.2, 0.25) is 0 Å². The number of halogens is 1. The Kier molecular flexibility index (Phi) is 7.52. The summed E-state index contributed by atoms with van der Waals surface area (Å²) in [7, 11) is 1.83. The fourth-order valence-corrected chi connectivity index (χ4v) is 3.70. The first-order chi connectivity index (χ1) is 15.0. The zero-order chi connectivity index (χ0) is 22.4. The summed E-state index contributed by atoms with van der Waals surface area (Å²) in [4.78, 5) is 24.6. The Morgan fingerprint density at radius 3 is 2.45 bits per heavy atom. The van der Waals surface area contributed by atoms with Crippen LogP contribution in [-0.4, -0.2) is 29.7 Å². The SMILES string of the molecule is CCOC(=O)C=Cc1c(C(=O)OCC)c2cc(OCc3ccccc3)c(Br)cc2n1C. The monoisotopic (exact) mass is 485 g/mol. The van der Waals surface area contributed by atoms with Crippen LogP contribution in [0.3, 0.4) is 0 Å². The first kappa shape index (κ1) is 22.6. The minimum Gasteiger partial charge on any atom is -0.488 e. The van der Waals surface area contributed by atoms with Gasteiger partial charge in [-0.15, -0.1) is 0 Å². The van der Waals surface area contributed by atoms with E-state index in [1.165, 1.54) is 6.08 Å². The number of rotatable bonds is 8. The van der Waals surface area contributed by atoms with E-state index in [1.807, 2.05) is 54.1 Å². The van der Waals surface area contributed by atoms with Gasteiger partial charge in [-0.05, 0) is 53.5 Å². The number of aromatic nitrogens is 1. The van der Waals surface area contributed by atoms with Gasteiger partial charge in [-0.3, -0.25) is 0 Å². The highest BCUT2D eigenvalue weighted by atomic mass is 79.9. The lowest BCUT2D eigenvalue weighted by molar-refractivity contribution is -0.137. The number of nitrogens with zero attached hydrogens (tertiary/aromatic N) is 1. The minimum atomic E-state index is -0.476. The fraction of sp³-hybridized carbons (Fsp3) is 0.250. The maximum absolute atomic E-state index is 12.8. The summed E-state index contributed by atoms with van der Waals surface area (Å²) in [5.41, 5.74) is 2.75. The molecule has 0 radical (unpaired) electrons. The molecule has 1 heterocycles. The van der Waals surface area contributed by atoms with E-state index < -0.39 is 11.9 Å². The number of fused-ring (bicyclic) bond motifs is 1. The number of benzene rings is 2. The van der Waals surface area contributed by atoms with Gasteiger partial charge in [0.05, 0.1) is 34.5 Å². The average molecular weight is 486 g/mol. The van der Waals surface area contributed by atoms with Crippen molar-refractivity contribution in [3.63, 3.8) is 0 Å². The van der Waals surface area contributed by atoms with Gasteiger partial charge in [-0.25, -0.2) is 9.59 Å². The highest BCUT2D eigenvalue weighted by Gasteiger charge is 2.23. The van der Waals surface area contributed by atoms with Gasteiger partial charge in [0.1, 0.15) is 12.4 Å². The fourth-order valence-electron chi connectivity index (χ4n) is 3.25. The molecule has 1 aromatic heterocycles. The number of carbonyl (C=O) groups is 2. The van der Waals surface area contributed by atoms with Crippen molar-refractivity contribution in [2.24, 2.45) is 7.05 Å². The zero-order valence-corrected chi connectivity index (χ0v) is 19.3. The van der Waals surface area contributed by atoms with E-state index in [1.54, 1.807) is 19.9 Å². The van der Waals surface area contributed by atoms with E-state index >= 15 is 0 Å². The number of esters is 2. The molecule has 3 rings (SSSR count). The van der Waals surface area contributed by atoms with E-state index in [0.717, 1.165) is 15.6 Å². The number of carbonyl (C=O) groups excluding carboxylic acids is 2. The molecule has 7 heteroatoms. The molecule has 0 fully saturated rings. The Morgan fingerprint density at radius 1 is 1.06 bits per heavy atom. The first-order valence-corrected chi connectivity index (χ1v) is 10.8. The van der Waals surface area contributed by atoms with Crippen molar-refractivity contribution >= 4 is 44.8 Å². The number of hydrogen-bond acceptors (Lipinski definition) is 5. The Balaban J connectivity index is 2.07. The molecule has 0 saturated heterocycles. The maximum atomic E-state index is 12.8. The largest absolute Gasteiger partial charge is 0.488 e. The molecule has 0 aliphatic heterocycles. The van der Waals surface area contributed by atoms with E-state index in [4.69, 9.17) is 14.2 Å². The molecule has 0 spiro atoms. The second-order valence-electron chi connectivity index (χ2n) is 6.70. The molecule has 0 aliphatic rings. The molecule has 0 atom stereocenters. The van der Waals surface area contributed by atoms with Crippen molar-refractivity contribution in [1.29, 1.82) is 0 Å². The van der Waals surface area contributed by atoms with Crippen LogP contribution in [0.4, 0.5) is 0 Å². The summed E-state index contributed by atoms with van der Waals surface area (Å²) in [6, 6.07) is 13.5.